The van der Waals surface area contributed by atoms with E-state index in [0.29, 0.717) is 12.7 Å². The molecule has 0 saturated carbocycles. The molecule has 0 radical (unpaired) electrons. The average Bonchev–Trinajstić information content (AvgIpc) is 3.00. The monoisotopic (exact) mass is 313 g/mol. The van der Waals surface area contributed by atoms with Crippen LogP contribution in [0, 0.1) is 5.92 Å². The molecule has 2 aliphatic rings. The van der Waals surface area contributed by atoms with Crippen molar-refractivity contribution in [3.8, 4) is 11.5 Å². The van der Waals surface area contributed by atoms with Gasteiger partial charge in [-0.15, -0.1) is 0 Å². The van der Waals surface area contributed by atoms with E-state index in [9.17, 15) is 0 Å². The van der Waals surface area contributed by atoms with E-state index < -0.39 is 0 Å². The Bertz CT molecular complexity index is 432. The van der Waals surface area contributed by atoms with Crippen molar-refractivity contribution in [2.45, 2.75) is 13.0 Å². The zero-order chi connectivity index (χ0) is 12.4. The Balaban J connectivity index is 1.58. The molecule has 2 aliphatic heterocycles. The van der Waals surface area contributed by atoms with E-state index in [2.05, 4.69) is 21.2 Å². The first-order chi connectivity index (χ1) is 8.83. The van der Waals surface area contributed by atoms with Crippen LogP contribution in [0.5, 0.6) is 11.5 Å². The van der Waals surface area contributed by atoms with Gasteiger partial charge >= 0.3 is 0 Å². The molecular formula is C13H16BrNO3. The van der Waals surface area contributed by atoms with Crippen molar-refractivity contribution in [3.05, 3.63) is 22.2 Å². The van der Waals surface area contributed by atoms with Gasteiger partial charge in [-0.3, -0.25) is 0 Å². The number of ether oxygens (including phenoxy) is 3. The molecule has 0 bridgehead atoms. The summed E-state index contributed by atoms with van der Waals surface area (Å²) < 4.78 is 17.1. The molecule has 4 nitrogen and oxygen atoms in total. The van der Waals surface area contributed by atoms with Gasteiger partial charge in [-0.25, -0.2) is 0 Å². The van der Waals surface area contributed by atoms with Crippen molar-refractivity contribution in [2.75, 3.05) is 26.6 Å². The van der Waals surface area contributed by atoms with Crippen LogP contribution in [0.3, 0.4) is 0 Å². The van der Waals surface area contributed by atoms with E-state index >= 15 is 0 Å². The quantitative estimate of drug-likeness (QED) is 0.926. The van der Waals surface area contributed by atoms with Gasteiger partial charge in [-0.1, -0.05) is 15.9 Å². The van der Waals surface area contributed by atoms with Gasteiger partial charge in [-0.2, -0.15) is 0 Å². The fourth-order valence-corrected chi connectivity index (χ4v) is 2.71. The summed E-state index contributed by atoms with van der Waals surface area (Å²) >= 11 is 3.56. The Hall–Kier alpha value is -0.780. The Morgan fingerprint density at radius 2 is 2.11 bits per heavy atom. The molecule has 1 fully saturated rings. The minimum Gasteiger partial charge on any atom is -0.454 e. The van der Waals surface area contributed by atoms with Gasteiger partial charge in [0.15, 0.2) is 11.5 Å². The molecule has 5 heteroatoms. The standard InChI is InChI=1S/C13H16BrNO3/c14-11-4-13-12(17-8-18-13)3-10(11)6-15-5-9-1-2-16-7-9/h3-4,9,15H,1-2,5-8H2. The molecule has 3 rings (SSSR count). The Kier molecular flexibility index (Phi) is 3.72. The Morgan fingerprint density at radius 1 is 1.28 bits per heavy atom. The largest absolute Gasteiger partial charge is 0.454 e. The third-order valence-corrected chi connectivity index (χ3v) is 4.05. The van der Waals surface area contributed by atoms with Gasteiger partial charge < -0.3 is 19.5 Å². The summed E-state index contributed by atoms with van der Waals surface area (Å²) in [5.41, 5.74) is 1.19. The summed E-state index contributed by atoms with van der Waals surface area (Å²) in [7, 11) is 0. The van der Waals surface area contributed by atoms with E-state index in [0.717, 1.165) is 48.7 Å². The molecule has 0 spiro atoms. The van der Waals surface area contributed by atoms with Crippen molar-refractivity contribution < 1.29 is 14.2 Å². The molecule has 1 N–H and O–H groups in total. The van der Waals surface area contributed by atoms with E-state index in [1.165, 1.54) is 5.56 Å². The van der Waals surface area contributed by atoms with Crippen LogP contribution < -0.4 is 14.8 Å². The summed E-state index contributed by atoms with van der Waals surface area (Å²) in [5.74, 6) is 2.30. The summed E-state index contributed by atoms with van der Waals surface area (Å²) in [6.45, 7) is 3.93. The van der Waals surface area contributed by atoms with E-state index in [4.69, 9.17) is 14.2 Å². The second-order valence-corrected chi connectivity index (χ2v) is 5.51. The lowest BCUT2D eigenvalue weighted by Crippen LogP contribution is -2.22. The number of fused-ring (bicyclic) bond motifs is 1. The van der Waals surface area contributed by atoms with Crippen molar-refractivity contribution in [3.63, 3.8) is 0 Å². The van der Waals surface area contributed by atoms with Gasteiger partial charge in [0.25, 0.3) is 0 Å². The van der Waals surface area contributed by atoms with Crippen LogP contribution in [0.1, 0.15) is 12.0 Å². The molecule has 0 amide bonds. The van der Waals surface area contributed by atoms with Gasteiger partial charge in [-0.05, 0) is 30.0 Å². The molecule has 1 aromatic rings. The molecule has 0 aliphatic carbocycles. The highest BCUT2D eigenvalue weighted by atomic mass is 79.9. The molecular weight excluding hydrogens is 298 g/mol. The summed E-state index contributed by atoms with van der Waals surface area (Å²) in [6, 6.07) is 4.00. The van der Waals surface area contributed by atoms with Crippen LogP contribution >= 0.6 is 15.9 Å². The van der Waals surface area contributed by atoms with Crippen LogP contribution in [0.15, 0.2) is 16.6 Å². The maximum Gasteiger partial charge on any atom is 0.231 e. The predicted octanol–water partition coefficient (Wildman–Crippen LogP) is 2.30. The first kappa shape index (κ1) is 12.3. The lowest BCUT2D eigenvalue weighted by molar-refractivity contribution is 0.174. The lowest BCUT2D eigenvalue weighted by Gasteiger charge is -2.11. The van der Waals surface area contributed by atoms with E-state index in [1.807, 2.05) is 12.1 Å². The molecule has 1 atom stereocenters. The summed E-state index contributed by atoms with van der Waals surface area (Å²) in [5, 5.41) is 3.47. The van der Waals surface area contributed by atoms with Gasteiger partial charge in [0, 0.05) is 24.2 Å². The van der Waals surface area contributed by atoms with Crippen molar-refractivity contribution in [1.82, 2.24) is 5.32 Å². The van der Waals surface area contributed by atoms with Gasteiger partial charge in [0.2, 0.25) is 6.79 Å². The van der Waals surface area contributed by atoms with Crippen LogP contribution in [-0.4, -0.2) is 26.6 Å². The summed E-state index contributed by atoms with van der Waals surface area (Å²) in [6.07, 6.45) is 1.16. The number of rotatable bonds is 4. The van der Waals surface area contributed by atoms with E-state index in [1.54, 1.807) is 0 Å². The normalized spacial score (nSPS) is 21.5. The zero-order valence-corrected chi connectivity index (χ0v) is 11.7. The van der Waals surface area contributed by atoms with E-state index in [-0.39, 0.29) is 0 Å². The fourth-order valence-electron chi connectivity index (χ4n) is 2.25. The number of halogens is 1. The van der Waals surface area contributed by atoms with Crippen LogP contribution in [-0.2, 0) is 11.3 Å². The fraction of sp³-hybridized carbons (Fsp3) is 0.538. The van der Waals surface area contributed by atoms with Crippen LogP contribution in [0.4, 0.5) is 0 Å². The molecule has 98 valence electrons. The number of nitrogens with one attached hydrogen (secondary N) is 1. The van der Waals surface area contributed by atoms with Crippen molar-refractivity contribution in [2.24, 2.45) is 5.92 Å². The number of hydrogen-bond acceptors (Lipinski definition) is 4. The minimum absolute atomic E-state index is 0.318. The maximum absolute atomic E-state index is 5.38. The first-order valence-corrected chi connectivity index (χ1v) is 6.99. The van der Waals surface area contributed by atoms with Crippen LogP contribution in [0.2, 0.25) is 0 Å². The first-order valence-electron chi connectivity index (χ1n) is 6.19. The second kappa shape index (κ2) is 5.47. The van der Waals surface area contributed by atoms with Crippen molar-refractivity contribution >= 4 is 15.9 Å². The maximum atomic E-state index is 5.38. The lowest BCUT2D eigenvalue weighted by atomic mass is 10.1. The highest BCUT2D eigenvalue weighted by molar-refractivity contribution is 9.10. The van der Waals surface area contributed by atoms with Gasteiger partial charge in [0.1, 0.15) is 0 Å². The third-order valence-electron chi connectivity index (χ3n) is 3.31. The Labute approximate surface area is 115 Å². The molecule has 1 unspecified atom stereocenters. The molecule has 18 heavy (non-hydrogen) atoms. The van der Waals surface area contributed by atoms with Crippen LogP contribution in [0.25, 0.3) is 0 Å². The average molecular weight is 314 g/mol. The SMILES string of the molecule is Brc1cc2c(cc1CNCC1CCOC1)OCO2. The predicted molar refractivity (Wildman–Crippen MR) is 70.9 cm³/mol. The summed E-state index contributed by atoms with van der Waals surface area (Å²) in [4.78, 5) is 0. The second-order valence-electron chi connectivity index (χ2n) is 4.66. The third kappa shape index (κ3) is 2.63. The minimum atomic E-state index is 0.318. The number of hydrogen-bond donors (Lipinski definition) is 1. The topological polar surface area (TPSA) is 39.7 Å². The smallest absolute Gasteiger partial charge is 0.231 e. The molecule has 0 aromatic heterocycles. The molecule has 1 saturated heterocycles. The van der Waals surface area contributed by atoms with Gasteiger partial charge in [0.05, 0.1) is 6.61 Å². The van der Waals surface area contributed by atoms with Crippen molar-refractivity contribution in [1.29, 1.82) is 0 Å². The number of benzene rings is 1. The zero-order valence-electron chi connectivity index (χ0n) is 10.1. The highest BCUT2D eigenvalue weighted by Gasteiger charge is 2.17. The molecule has 1 aromatic carbocycles. The highest BCUT2D eigenvalue weighted by Crippen LogP contribution is 2.36. The molecule has 2 heterocycles. The Morgan fingerprint density at radius 3 is 2.89 bits per heavy atom.